The van der Waals surface area contributed by atoms with E-state index in [4.69, 9.17) is 11.6 Å². The number of aromatic nitrogens is 1. The quantitative estimate of drug-likeness (QED) is 0.771. The molecule has 1 saturated heterocycles. The summed E-state index contributed by atoms with van der Waals surface area (Å²) in [7, 11) is 0. The first-order valence-corrected chi connectivity index (χ1v) is 9.31. The fourth-order valence-corrected chi connectivity index (χ4v) is 3.89. The van der Waals surface area contributed by atoms with Gasteiger partial charge in [-0.3, -0.25) is 4.79 Å². The zero-order chi connectivity index (χ0) is 18.1. The van der Waals surface area contributed by atoms with Crippen LogP contribution in [0.3, 0.4) is 0 Å². The summed E-state index contributed by atoms with van der Waals surface area (Å²) < 4.78 is 2.23. The van der Waals surface area contributed by atoms with Crippen LogP contribution in [0, 0.1) is 20.8 Å². The van der Waals surface area contributed by atoms with Gasteiger partial charge in [0.05, 0.1) is 10.6 Å². The van der Waals surface area contributed by atoms with E-state index in [1.54, 1.807) is 6.07 Å². The lowest BCUT2D eigenvalue weighted by Crippen LogP contribution is -2.19. The van der Waals surface area contributed by atoms with Gasteiger partial charge in [0.15, 0.2) is 5.17 Å². The summed E-state index contributed by atoms with van der Waals surface area (Å²) in [6.07, 6.45) is 1.93. The van der Waals surface area contributed by atoms with Crippen LogP contribution in [0.5, 0.6) is 0 Å². The third-order valence-corrected chi connectivity index (χ3v) is 5.40. The van der Waals surface area contributed by atoms with E-state index in [1.807, 2.05) is 25.1 Å². The largest absolute Gasteiger partial charge is 0.349 e. The molecule has 2 aromatic rings. The van der Waals surface area contributed by atoms with Crippen LogP contribution in [0.1, 0.15) is 29.4 Å². The average molecular weight is 374 g/mol. The van der Waals surface area contributed by atoms with Crippen molar-refractivity contribution in [3.63, 3.8) is 0 Å². The summed E-state index contributed by atoms with van der Waals surface area (Å²) in [4.78, 5) is 17.5. The molecule has 0 atom stereocenters. The van der Waals surface area contributed by atoms with Gasteiger partial charge in [-0.15, -0.1) is 0 Å². The Hall–Kier alpha value is -1.98. The molecule has 6 heteroatoms. The Labute approximate surface area is 157 Å². The van der Waals surface area contributed by atoms with Gasteiger partial charge in [-0.2, -0.15) is 0 Å². The number of hydrogen-bond acceptors (Lipinski definition) is 3. The van der Waals surface area contributed by atoms with Gasteiger partial charge in [0.2, 0.25) is 0 Å². The lowest BCUT2D eigenvalue weighted by molar-refractivity contribution is -0.115. The number of amidine groups is 1. The minimum atomic E-state index is -0.121. The van der Waals surface area contributed by atoms with Crippen molar-refractivity contribution in [3.8, 4) is 0 Å². The number of amides is 1. The lowest BCUT2D eigenvalue weighted by atomic mass is 10.2. The SMILES string of the molecule is CCn1c(C)cc(/C=C2\SC(=Nc3cc(Cl)ccc3C)NC2=O)c1C. The normalized spacial score (nSPS) is 17.6. The number of thioether (sulfide) groups is 1. The van der Waals surface area contributed by atoms with Crippen LogP contribution in [0.25, 0.3) is 6.08 Å². The predicted octanol–water partition coefficient (Wildman–Crippen LogP) is 4.98. The van der Waals surface area contributed by atoms with E-state index in [0.29, 0.717) is 15.1 Å². The van der Waals surface area contributed by atoms with E-state index < -0.39 is 0 Å². The highest BCUT2D eigenvalue weighted by molar-refractivity contribution is 8.18. The van der Waals surface area contributed by atoms with Gasteiger partial charge in [0.25, 0.3) is 5.91 Å². The minimum Gasteiger partial charge on any atom is -0.349 e. The molecular weight excluding hydrogens is 354 g/mol. The minimum absolute atomic E-state index is 0.121. The smallest absolute Gasteiger partial charge is 0.264 e. The van der Waals surface area contributed by atoms with E-state index in [9.17, 15) is 4.79 Å². The van der Waals surface area contributed by atoms with Crippen molar-refractivity contribution in [1.82, 2.24) is 9.88 Å². The molecule has 1 fully saturated rings. The summed E-state index contributed by atoms with van der Waals surface area (Å²) in [5.41, 5.74) is 5.20. The Morgan fingerprint density at radius 2 is 2.04 bits per heavy atom. The van der Waals surface area contributed by atoms with Crippen LogP contribution >= 0.6 is 23.4 Å². The number of nitrogens with zero attached hydrogens (tertiary/aromatic N) is 2. The first-order valence-electron chi connectivity index (χ1n) is 8.11. The highest BCUT2D eigenvalue weighted by Gasteiger charge is 2.24. The van der Waals surface area contributed by atoms with Crippen LogP contribution < -0.4 is 5.32 Å². The van der Waals surface area contributed by atoms with Crippen LogP contribution in [-0.4, -0.2) is 15.6 Å². The standard InChI is InChI=1S/C19H20ClN3OS/c1-5-23-12(3)8-14(13(23)4)9-17-18(24)22-19(25-17)21-16-10-15(20)7-6-11(16)2/h6-10H,5H2,1-4H3,(H,21,22,24)/b17-9-. The fraction of sp³-hybridized carbons (Fsp3) is 0.263. The van der Waals surface area contributed by atoms with Crippen LogP contribution in [0.15, 0.2) is 34.2 Å². The van der Waals surface area contributed by atoms with Crippen LogP contribution in [-0.2, 0) is 11.3 Å². The molecule has 1 N–H and O–H groups in total. The number of aliphatic imine (C=N–C) groups is 1. The van der Waals surface area contributed by atoms with E-state index in [2.05, 4.69) is 41.7 Å². The number of aryl methyl sites for hydroxylation is 2. The second-order valence-electron chi connectivity index (χ2n) is 5.98. The third kappa shape index (κ3) is 3.67. The van der Waals surface area contributed by atoms with Crippen molar-refractivity contribution in [2.24, 2.45) is 4.99 Å². The Morgan fingerprint density at radius 3 is 2.72 bits per heavy atom. The summed E-state index contributed by atoms with van der Waals surface area (Å²) >= 11 is 7.39. The van der Waals surface area contributed by atoms with Gasteiger partial charge >= 0.3 is 0 Å². The van der Waals surface area contributed by atoms with Gasteiger partial charge < -0.3 is 9.88 Å². The fourth-order valence-electron chi connectivity index (χ4n) is 2.89. The summed E-state index contributed by atoms with van der Waals surface area (Å²) in [5.74, 6) is -0.121. The maximum absolute atomic E-state index is 12.3. The molecule has 2 heterocycles. The van der Waals surface area contributed by atoms with Crippen molar-refractivity contribution in [2.75, 3.05) is 0 Å². The Morgan fingerprint density at radius 1 is 1.28 bits per heavy atom. The number of hydrogen-bond donors (Lipinski definition) is 1. The molecule has 0 aliphatic carbocycles. The molecule has 3 rings (SSSR count). The topological polar surface area (TPSA) is 46.4 Å². The number of carbonyl (C=O) groups excluding carboxylic acids is 1. The highest BCUT2D eigenvalue weighted by Crippen LogP contribution is 2.31. The Kier molecular flexibility index (Phi) is 5.06. The van der Waals surface area contributed by atoms with Crippen molar-refractivity contribution >= 4 is 46.2 Å². The summed E-state index contributed by atoms with van der Waals surface area (Å²) in [5, 5.41) is 4.03. The average Bonchev–Trinajstić information content (AvgIpc) is 3.03. The van der Waals surface area contributed by atoms with Crippen molar-refractivity contribution < 1.29 is 4.79 Å². The molecule has 0 spiro atoms. The molecule has 0 saturated carbocycles. The summed E-state index contributed by atoms with van der Waals surface area (Å²) in [6, 6.07) is 7.65. The number of nitrogens with one attached hydrogen (secondary N) is 1. The van der Waals surface area contributed by atoms with Gasteiger partial charge in [-0.25, -0.2) is 4.99 Å². The summed E-state index contributed by atoms with van der Waals surface area (Å²) in [6.45, 7) is 9.15. The zero-order valence-electron chi connectivity index (χ0n) is 14.7. The van der Waals surface area contributed by atoms with Gasteiger partial charge in [0.1, 0.15) is 0 Å². The van der Waals surface area contributed by atoms with E-state index in [1.165, 1.54) is 17.5 Å². The van der Waals surface area contributed by atoms with E-state index in [0.717, 1.165) is 29.1 Å². The molecule has 0 bridgehead atoms. The van der Waals surface area contributed by atoms with Crippen molar-refractivity contribution in [2.45, 2.75) is 34.2 Å². The molecule has 0 unspecified atom stereocenters. The van der Waals surface area contributed by atoms with Crippen LogP contribution in [0.2, 0.25) is 5.02 Å². The molecule has 4 nitrogen and oxygen atoms in total. The molecular formula is C19H20ClN3OS. The predicted molar refractivity (Wildman–Crippen MR) is 107 cm³/mol. The number of halogens is 1. The monoisotopic (exact) mass is 373 g/mol. The molecule has 130 valence electrons. The number of rotatable bonds is 3. The van der Waals surface area contributed by atoms with Crippen molar-refractivity contribution in [1.29, 1.82) is 0 Å². The van der Waals surface area contributed by atoms with Gasteiger partial charge in [-0.05, 0) is 74.9 Å². The van der Waals surface area contributed by atoms with Gasteiger partial charge in [-0.1, -0.05) is 17.7 Å². The molecule has 1 aliphatic rings. The number of benzene rings is 1. The van der Waals surface area contributed by atoms with E-state index in [-0.39, 0.29) is 5.91 Å². The molecule has 1 aliphatic heterocycles. The van der Waals surface area contributed by atoms with Crippen LogP contribution in [0.4, 0.5) is 5.69 Å². The molecule has 1 amide bonds. The first kappa shape index (κ1) is 17.8. The van der Waals surface area contributed by atoms with Gasteiger partial charge in [0, 0.05) is 23.0 Å². The van der Waals surface area contributed by atoms with Crippen molar-refractivity contribution in [3.05, 3.63) is 56.7 Å². The maximum atomic E-state index is 12.3. The maximum Gasteiger partial charge on any atom is 0.264 e. The molecule has 1 aromatic heterocycles. The highest BCUT2D eigenvalue weighted by atomic mass is 35.5. The lowest BCUT2D eigenvalue weighted by Gasteiger charge is -2.04. The van der Waals surface area contributed by atoms with E-state index >= 15 is 0 Å². The first-order chi connectivity index (χ1) is 11.9. The second kappa shape index (κ2) is 7.10. The molecule has 0 radical (unpaired) electrons. The third-order valence-electron chi connectivity index (χ3n) is 4.26. The second-order valence-corrected chi connectivity index (χ2v) is 7.45. The number of carbonyl (C=O) groups is 1. The zero-order valence-corrected chi connectivity index (χ0v) is 16.3. The molecule has 25 heavy (non-hydrogen) atoms. The molecule has 1 aromatic carbocycles. The Bertz CT molecular complexity index is 912. The Balaban J connectivity index is 1.90.